The van der Waals surface area contributed by atoms with Gasteiger partial charge in [0, 0.05) is 18.4 Å². The van der Waals surface area contributed by atoms with Crippen molar-refractivity contribution in [2.24, 2.45) is 0 Å². The summed E-state index contributed by atoms with van der Waals surface area (Å²) in [6.45, 7) is 0.420. The molecule has 0 unspecified atom stereocenters. The SMILES string of the molecule is O=C(NC1CCCCC1)C1=C[C@H](c2ccsc2)C[C@H](OCc2ccc(CO)cc2)O1. The van der Waals surface area contributed by atoms with E-state index in [0.717, 1.165) is 24.0 Å². The quantitative estimate of drug-likeness (QED) is 0.677. The first-order valence-electron chi connectivity index (χ1n) is 10.7. The van der Waals surface area contributed by atoms with Gasteiger partial charge in [-0.2, -0.15) is 11.3 Å². The molecule has 0 spiro atoms. The van der Waals surface area contributed by atoms with E-state index >= 15 is 0 Å². The molecule has 1 aromatic carbocycles. The number of carbonyl (C=O) groups excluding carboxylic acids is 1. The second-order valence-electron chi connectivity index (χ2n) is 8.07. The minimum atomic E-state index is -0.482. The summed E-state index contributed by atoms with van der Waals surface area (Å²) in [6, 6.07) is 9.99. The van der Waals surface area contributed by atoms with Crippen LogP contribution in [0, 0.1) is 0 Å². The molecular formula is C24H29NO4S. The molecule has 1 aliphatic heterocycles. The number of amides is 1. The monoisotopic (exact) mass is 427 g/mol. The van der Waals surface area contributed by atoms with Gasteiger partial charge in [0.15, 0.2) is 5.76 Å². The van der Waals surface area contributed by atoms with Gasteiger partial charge in [-0.3, -0.25) is 4.79 Å². The second-order valence-corrected chi connectivity index (χ2v) is 8.85. The molecule has 1 aliphatic carbocycles. The van der Waals surface area contributed by atoms with E-state index in [1.54, 1.807) is 11.3 Å². The highest BCUT2D eigenvalue weighted by molar-refractivity contribution is 7.08. The van der Waals surface area contributed by atoms with Crippen LogP contribution in [0.2, 0.25) is 0 Å². The third kappa shape index (κ3) is 5.50. The number of thiophene rings is 1. The first-order valence-corrected chi connectivity index (χ1v) is 11.7. The lowest BCUT2D eigenvalue weighted by molar-refractivity contribution is -0.150. The van der Waals surface area contributed by atoms with Crippen LogP contribution in [0.15, 0.2) is 52.9 Å². The molecule has 2 atom stereocenters. The zero-order chi connectivity index (χ0) is 20.8. The lowest BCUT2D eigenvalue weighted by atomic mass is 9.94. The number of hydrogen-bond acceptors (Lipinski definition) is 5. The molecule has 5 nitrogen and oxygen atoms in total. The van der Waals surface area contributed by atoms with E-state index in [9.17, 15) is 9.90 Å². The third-order valence-electron chi connectivity index (χ3n) is 5.83. The van der Waals surface area contributed by atoms with Gasteiger partial charge in [0.05, 0.1) is 13.2 Å². The van der Waals surface area contributed by atoms with E-state index in [4.69, 9.17) is 9.47 Å². The molecule has 1 saturated carbocycles. The van der Waals surface area contributed by atoms with E-state index in [1.165, 1.54) is 24.8 Å². The van der Waals surface area contributed by atoms with Crippen molar-refractivity contribution in [2.75, 3.05) is 0 Å². The molecule has 0 radical (unpaired) electrons. The maximum Gasteiger partial charge on any atom is 0.286 e. The van der Waals surface area contributed by atoms with Crippen LogP contribution in [-0.2, 0) is 27.5 Å². The fourth-order valence-corrected chi connectivity index (χ4v) is 4.79. The van der Waals surface area contributed by atoms with Crippen LogP contribution in [0.1, 0.15) is 61.1 Å². The van der Waals surface area contributed by atoms with Crippen molar-refractivity contribution in [1.29, 1.82) is 0 Å². The number of benzene rings is 1. The summed E-state index contributed by atoms with van der Waals surface area (Å²) in [5.74, 6) is 0.324. The molecular weight excluding hydrogens is 398 g/mol. The number of ether oxygens (including phenoxy) is 2. The molecule has 2 N–H and O–H groups in total. The maximum absolute atomic E-state index is 12.9. The van der Waals surface area contributed by atoms with Crippen LogP contribution in [0.25, 0.3) is 0 Å². The summed E-state index contributed by atoms with van der Waals surface area (Å²) in [7, 11) is 0. The molecule has 4 rings (SSSR count). The molecule has 2 heterocycles. The van der Waals surface area contributed by atoms with E-state index in [1.807, 2.05) is 30.3 Å². The number of aliphatic hydroxyl groups is 1. The average molecular weight is 428 g/mol. The predicted octanol–water partition coefficient (Wildman–Crippen LogP) is 4.62. The third-order valence-corrected chi connectivity index (χ3v) is 6.54. The van der Waals surface area contributed by atoms with E-state index < -0.39 is 6.29 Å². The standard InChI is InChI=1S/C24H29NO4S/c26-14-17-6-8-18(9-7-17)15-28-23-13-20(19-10-11-30-16-19)12-22(29-23)24(27)25-21-4-2-1-3-5-21/h6-12,16,20-21,23,26H,1-5,13-15H2,(H,25,27)/t20-,23+/m0/s1. The van der Waals surface area contributed by atoms with Crippen LogP contribution >= 0.6 is 11.3 Å². The smallest absolute Gasteiger partial charge is 0.286 e. The van der Waals surface area contributed by atoms with E-state index in [0.29, 0.717) is 18.8 Å². The number of carbonyl (C=O) groups is 1. The van der Waals surface area contributed by atoms with Crippen molar-refractivity contribution in [1.82, 2.24) is 5.32 Å². The van der Waals surface area contributed by atoms with Crippen molar-refractivity contribution in [3.05, 3.63) is 69.6 Å². The summed E-state index contributed by atoms with van der Waals surface area (Å²) in [5, 5.41) is 16.5. The van der Waals surface area contributed by atoms with Gasteiger partial charge in [0.1, 0.15) is 0 Å². The highest BCUT2D eigenvalue weighted by Gasteiger charge is 2.30. The normalized spacial score (nSPS) is 22.2. The highest BCUT2D eigenvalue weighted by Crippen LogP contribution is 2.33. The number of rotatable bonds is 7. The van der Waals surface area contributed by atoms with Gasteiger partial charge in [-0.1, -0.05) is 43.5 Å². The molecule has 1 aromatic heterocycles. The van der Waals surface area contributed by atoms with Crippen LogP contribution < -0.4 is 5.32 Å². The number of aliphatic hydroxyl groups excluding tert-OH is 1. The summed E-state index contributed by atoms with van der Waals surface area (Å²) in [6.07, 6.45) is 7.80. The van der Waals surface area contributed by atoms with Gasteiger partial charge >= 0.3 is 0 Å². The predicted molar refractivity (Wildman–Crippen MR) is 117 cm³/mol. The zero-order valence-corrected chi connectivity index (χ0v) is 17.9. The minimum Gasteiger partial charge on any atom is -0.459 e. The topological polar surface area (TPSA) is 67.8 Å². The molecule has 6 heteroatoms. The molecule has 30 heavy (non-hydrogen) atoms. The lowest BCUT2D eigenvalue weighted by Gasteiger charge is -2.30. The second kappa shape index (κ2) is 10.2. The van der Waals surface area contributed by atoms with Gasteiger partial charge < -0.3 is 19.9 Å². The van der Waals surface area contributed by atoms with Crippen molar-refractivity contribution < 1.29 is 19.4 Å². The molecule has 2 aromatic rings. The molecule has 0 bridgehead atoms. The molecule has 160 valence electrons. The Morgan fingerprint density at radius 2 is 1.90 bits per heavy atom. The fourth-order valence-electron chi connectivity index (χ4n) is 4.07. The summed E-state index contributed by atoms with van der Waals surface area (Å²) < 4.78 is 12.0. The molecule has 1 amide bonds. The first-order chi connectivity index (χ1) is 14.7. The lowest BCUT2D eigenvalue weighted by Crippen LogP contribution is -2.39. The van der Waals surface area contributed by atoms with Crippen LogP contribution in [-0.4, -0.2) is 23.3 Å². The number of allylic oxidation sites excluding steroid dienone is 1. The van der Waals surface area contributed by atoms with Crippen LogP contribution in [0.3, 0.4) is 0 Å². The first kappa shape index (κ1) is 21.1. The van der Waals surface area contributed by atoms with Crippen LogP contribution in [0.5, 0.6) is 0 Å². The zero-order valence-electron chi connectivity index (χ0n) is 17.1. The highest BCUT2D eigenvalue weighted by atomic mass is 32.1. The maximum atomic E-state index is 12.9. The largest absolute Gasteiger partial charge is 0.459 e. The Bertz CT molecular complexity index is 841. The molecule has 0 saturated heterocycles. The summed E-state index contributed by atoms with van der Waals surface area (Å²) >= 11 is 1.65. The Morgan fingerprint density at radius 3 is 2.60 bits per heavy atom. The Labute approximate surface area is 181 Å². The Balaban J connectivity index is 1.42. The van der Waals surface area contributed by atoms with E-state index in [-0.39, 0.29) is 24.5 Å². The van der Waals surface area contributed by atoms with Gasteiger partial charge in [0.2, 0.25) is 6.29 Å². The van der Waals surface area contributed by atoms with Gasteiger partial charge in [-0.15, -0.1) is 0 Å². The van der Waals surface area contributed by atoms with Crippen molar-refractivity contribution in [3.63, 3.8) is 0 Å². The van der Waals surface area contributed by atoms with Crippen molar-refractivity contribution >= 4 is 17.2 Å². The summed E-state index contributed by atoms with van der Waals surface area (Å²) in [4.78, 5) is 12.9. The molecule has 2 aliphatic rings. The van der Waals surface area contributed by atoms with Crippen molar-refractivity contribution in [3.8, 4) is 0 Å². The fraction of sp³-hybridized carbons (Fsp3) is 0.458. The number of nitrogens with one attached hydrogen (secondary N) is 1. The van der Waals surface area contributed by atoms with Gasteiger partial charge in [-0.05, 0) is 52.4 Å². The number of hydrogen-bond donors (Lipinski definition) is 2. The van der Waals surface area contributed by atoms with Crippen LogP contribution in [0.4, 0.5) is 0 Å². The minimum absolute atomic E-state index is 0.0272. The Kier molecular flexibility index (Phi) is 7.20. The Hall–Kier alpha value is -2.15. The van der Waals surface area contributed by atoms with Crippen molar-refractivity contribution in [2.45, 2.75) is 70.0 Å². The van der Waals surface area contributed by atoms with Gasteiger partial charge in [-0.25, -0.2) is 0 Å². The molecule has 1 fully saturated rings. The van der Waals surface area contributed by atoms with E-state index in [2.05, 4.69) is 22.1 Å². The summed E-state index contributed by atoms with van der Waals surface area (Å²) in [5.41, 5.74) is 3.06. The Morgan fingerprint density at radius 1 is 1.13 bits per heavy atom. The average Bonchev–Trinajstić information content (AvgIpc) is 3.34. The van der Waals surface area contributed by atoms with Gasteiger partial charge in [0.25, 0.3) is 5.91 Å².